The Morgan fingerprint density at radius 1 is 1.00 bits per heavy atom. The van der Waals surface area contributed by atoms with E-state index in [9.17, 15) is 13.2 Å². The number of nitrogens with zero attached hydrogens (tertiary/aromatic N) is 2. The lowest BCUT2D eigenvalue weighted by Gasteiger charge is -2.34. The number of nitrogens with one attached hydrogen (secondary N) is 1. The summed E-state index contributed by atoms with van der Waals surface area (Å²) in [5.41, 5.74) is 2.21. The zero-order valence-corrected chi connectivity index (χ0v) is 14.1. The summed E-state index contributed by atoms with van der Waals surface area (Å²) in [6.07, 6.45) is -2.39. The summed E-state index contributed by atoms with van der Waals surface area (Å²) in [5.74, 6) is -1.12. The lowest BCUT2D eigenvalue weighted by atomic mass is 9.85. The van der Waals surface area contributed by atoms with Gasteiger partial charge in [0.05, 0.1) is 5.92 Å². The molecule has 2 aliphatic rings. The van der Waals surface area contributed by atoms with E-state index in [0.29, 0.717) is 12.8 Å². The molecule has 1 heterocycles. The van der Waals surface area contributed by atoms with Crippen molar-refractivity contribution < 1.29 is 13.2 Å². The zero-order valence-electron chi connectivity index (χ0n) is 14.1. The molecule has 0 radical (unpaired) electrons. The van der Waals surface area contributed by atoms with E-state index in [1.165, 1.54) is 5.69 Å². The fourth-order valence-corrected chi connectivity index (χ4v) is 3.66. The molecule has 1 aromatic rings. The number of alkyl halides is 3. The Labute approximate surface area is 141 Å². The molecule has 1 aliphatic heterocycles. The lowest BCUT2D eigenvalue weighted by Crippen LogP contribution is -2.44. The van der Waals surface area contributed by atoms with Gasteiger partial charge >= 0.3 is 6.18 Å². The summed E-state index contributed by atoms with van der Waals surface area (Å²) in [5, 5.41) is 3.44. The van der Waals surface area contributed by atoms with Gasteiger partial charge in [0.2, 0.25) is 0 Å². The maximum Gasteiger partial charge on any atom is 0.391 e. The molecule has 3 nitrogen and oxygen atoms in total. The maximum atomic E-state index is 12.8. The first-order valence-electron chi connectivity index (χ1n) is 8.78. The molecule has 2 fully saturated rings. The average Bonchev–Trinajstić information content (AvgIpc) is 2.55. The molecular formula is C18H26F3N3. The Morgan fingerprint density at radius 2 is 1.67 bits per heavy atom. The molecule has 1 N–H and O–H groups in total. The van der Waals surface area contributed by atoms with Crippen LogP contribution >= 0.6 is 0 Å². The van der Waals surface area contributed by atoms with Crippen molar-refractivity contribution in [2.24, 2.45) is 5.92 Å². The Kier molecular flexibility index (Phi) is 5.23. The van der Waals surface area contributed by atoms with Gasteiger partial charge in [-0.05, 0) is 50.9 Å². The van der Waals surface area contributed by atoms with E-state index in [1.54, 1.807) is 0 Å². The van der Waals surface area contributed by atoms with Gasteiger partial charge in [0.25, 0.3) is 0 Å². The molecule has 0 amide bonds. The van der Waals surface area contributed by atoms with Gasteiger partial charge in [0, 0.05) is 43.6 Å². The van der Waals surface area contributed by atoms with Gasteiger partial charge in [0.1, 0.15) is 0 Å². The van der Waals surface area contributed by atoms with Crippen LogP contribution in [0.5, 0.6) is 0 Å². The van der Waals surface area contributed by atoms with Crippen LogP contribution in [0.15, 0.2) is 24.3 Å². The molecule has 0 spiro atoms. The quantitative estimate of drug-likeness (QED) is 0.897. The predicted octanol–water partition coefficient (Wildman–Crippen LogP) is 3.97. The molecule has 1 aliphatic carbocycles. The summed E-state index contributed by atoms with van der Waals surface area (Å²) < 4.78 is 38.3. The average molecular weight is 341 g/mol. The van der Waals surface area contributed by atoms with E-state index in [2.05, 4.69) is 34.3 Å². The largest absolute Gasteiger partial charge is 0.391 e. The summed E-state index contributed by atoms with van der Waals surface area (Å²) in [6, 6.07) is 8.41. The molecule has 0 atom stereocenters. The fourth-order valence-electron chi connectivity index (χ4n) is 3.66. The first kappa shape index (κ1) is 17.4. The Bertz CT molecular complexity index is 531. The highest BCUT2D eigenvalue weighted by molar-refractivity contribution is 5.58. The van der Waals surface area contributed by atoms with Gasteiger partial charge in [-0.15, -0.1) is 0 Å². The second-order valence-corrected chi connectivity index (χ2v) is 7.08. The lowest BCUT2D eigenvalue weighted by molar-refractivity contribution is -0.182. The van der Waals surface area contributed by atoms with Crippen molar-refractivity contribution >= 4 is 11.4 Å². The molecule has 24 heavy (non-hydrogen) atoms. The van der Waals surface area contributed by atoms with Crippen molar-refractivity contribution in [2.75, 3.05) is 43.4 Å². The van der Waals surface area contributed by atoms with Gasteiger partial charge in [-0.3, -0.25) is 0 Å². The molecule has 6 heteroatoms. The molecule has 1 saturated carbocycles. The number of halogens is 3. The van der Waals surface area contributed by atoms with Crippen LogP contribution in [0.25, 0.3) is 0 Å². The van der Waals surface area contributed by atoms with Gasteiger partial charge in [-0.25, -0.2) is 0 Å². The van der Waals surface area contributed by atoms with Crippen molar-refractivity contribution in [3.05, 3.63) is 24.3 Å². The topological polar surface area (TPSA) is 18.5 Å². The highest BCUT2D eigenvalue weighted by Crippen LogP contribution is 2.38. The summed E-state index contributed by atoms with van der Waals surface area (Å²) in [6.45, 7) is 4.13. The summed E-state index contributed by atoms with van der Waals surface area (Å²) in [4.78, 5) is 4.68. The third-order valence-corrected chi connectivity index (χ3v) is 5.28. The van der Waals surface area contributed by atoms with Crippen LogP contribution in [0.2, 0.25) is 0 Å². The standard InChI is InChI=1S/C18H26F3N3/c1-23-9-11-24(12-10-23)17-4-2-3-16(13-17)22-15-7-5-14(6-8-15)18(19,20)21/h2-4,13-15,22H,5-12H2,1H3. The fraction of sp³-hybridized carbons (Fsp3) is 0.667. The maximum absolute atomic E-state index is 12.8. The minimum absolute atomic E-state index is 0.145. The van der Waals surface area contributed by atoms with Gasteiger partial charge in [0.15, 0.2) is 0 Å². The molecule has 0 bridgehead atoms. The summed E-state index contributed by atoms with van der Waals surface area (Å²) >= 11 is 0. The third kappa shape index (κ3) is 4.35. The van der Waals surface area contributed by atoms with Crippen LogP contribution in [0.4, 0.5) is 24.5 Å². The van der Waals surface area contributed by atoms with Crippen molar-refractivity contribution in [3.8, 4) is 0 Å². The Morgan fingerprint density at radius 3 is 2.29 bits per heavy atom. The highest BCUT2D eigenvalue weighted by atomic mass is 19.4. The monoisotopic (exact) mass is 341 g/mol. The molecular weight excluding hydrogens is 315 g/mol. The van der Waals surface area contributed by atoms with Crippen LogP contribution in [0, 0.1) is 5.92 Å². The minimum atomic E-state index is -4.04. The van der Waals surface area contributed by atoms with E-state index in [-0.39, 0.29) is 18.9 Å². The van der Waals surface area contributed by atoms with Gasteiger partial charge < -0.3 is 15.1 Å². The number of benzene rings is 1. The zero-order chi connectivity index (χ0) is 17.2. The van der Waals surface area contributed by atoms with E-state index in [1.807, 2.05) is 12.1 Å². The molecule has 1 saturated heterocycles. The van der Waals surface area contributed by atoms with Gasteiger partial charge in [-0.1, -0.05) is 6.07 Å². The Balaban J connectivity index is 1.56. The van der Waals surface area contributed by atoms with E-state index in [0.717, 1.165) is 31.9 Å². The van der Waals surface area contributed by atoms with Crippen LogP contribution in [0.3, 0.4) is 0 Å². The van der Waals surface area contributed by atoms with Crippen LogP contribution in [-0.2, 0) is 0 Å². The third-order valence-electron chi connectivity index (χ3n) is 5.28. The molecule has 134 valence electrons. The number of anilines is 2. The predicted molar refractivity (Wildman–Crippen MR) is 91.6 cm³/mol. The van der Waals surface area contributed by atoms with Gasteiger partial charge in [-0.2, -0.15) is 13.2 Å². The van der Waals surface area contributed by atoms with E-state index < -0.39 is 12.1 Å². The van der Waals surface area contributed by atoms with Crippen LogP contribution < -0.4 is 10.2 Å². The number of likely N-dealkylation sites (N-methyl/N-ethyl adjacent to an activating group) is 1. The van der Waals surface area contributed by atoms with Crippen LogP contribution in [0.1, 0.15) is 25.7 Å². The first-order valence-corrected chi connectivity index (χ1v) is 8.78. The second kappa shape index (κ2) is 7.21. The number of piperazine rings is 1. The molecule has 0 aromatic heterocycles. The SMILES string of the molecule is CN1CCN(c2cccc(NC3CCC(C(F)(F)F)CC3)c2)CC1. The van der Waals surface area contributed by atoms with E-state index in [4.69, 9.17) is 0 Å². The first-order chi connectivity index (χ1) is 11.4. The highest BCUT2D eigenvalue weighted by Gasteiger charge is 2.41. The number of hydrogen-bond donors (Lipinski definition) is 1. The molecule has 3 rings (SSSR count). The Hall–Kier alpha value is -1.43. The smallest absolute Gasteiger partial charge is 0.382 e. The number of rotatable bonds is 3. The van der Waals surface area contributed by atoms with E-state index >= 15 is 0 Å². The number of hydrogen-bond acceptors (Lipinski definition) is 3. The summed E-state index contributed by atoms with van der Waals surface area (Å²) in [7, 11) is 2.13. The van der Waals surface area contributed by atoms with Crippen molar-refractivity contribution in [1.29, 1.82) is 0 Å². The molecule has 1 aromatic carbocycles. The minimum Gasteiger partial charge on any atom is -0.382 e. The van der Waals surface area contributed by atoms with Crippen molar-refractivity contribution in [3.63, 3.8) is 0 Å². The van der Waals surface area contributed by atoms with Crippen LogP contribution in [-0.4, -0.2) is 50.3 Å². The normalized spacial score (nSPS) is 26.4. The van der Waals surface area contributed by atoms with Crippen molar-refractivity contribution in [1.82, 2.24) is 4.90 Å². The van der Waals surface area contributed by atoms with Crippen molar-refractivity contribution in [2.45, 2.75) is 37.9 Å². The molecule has 0 unspecified atom stereocenters. The second-order valence-electron chi connectivity index (χ2n) is 7.08.